The summed E-state index contributed by atoms with van der Waals surface area (Å²) in [4.78, 5) is 9.37. The fraction of sp³-hybridized carbons (Fsp3) is 1.00. The molecule has 0 aliphatic carbocycles. The molecule has 0 heterocycles. The zero-order chi connectivity index (χ0) is 7.49. The minimum atomic E-state index is -2.23. The third-order valence-corrected chi connectivity index (χ3v) is 2.63. The highest BCUT2D eigenvalue weighted by Crippen LogP contribution is 2.06. The lowest BCUT2D eigenvalue weighted by atomic mass is 11.3. The summed E-state index contributed by atoms with van der Waals surface area (Å²) < 4.78 is 9.71. The van der Waals surface area contributed by atoms with E-state index in [9.17, 15) is 4.80 Å². The predicted octanol–water partition coefficient (Wildman–Crippen LogP) is 0.342. The van der Waals surface area contributed by atoms with Crippen molar-refractivity contribution < 1.29 is 14.3 Å². The van der Waals surface area contributed by atoms with Crippen molar-refractivity contribution in [2.24, 2.45) is 0 Å². The fourth-order valence-electron chi connectivity index (χ4n) is 0.673. The summed E-state index contributed by atoms with van der Waals surface area (Å²) in [7, 11) is 0.823. The molecular weight excluding hydrogens is 136 g/mol. The normalized spacial score (nSPS) is 12.7. The van der Waals surface area contributed by atoms with Gasteiger partial charge in [0.05, 0.1) is 0 Å². The summed E-state index contributed by atoms with van der Waals surface area (Å²) in [5, 5.41) is 0. The van der Waals surface area contributed by atoms with Gasteiger partial charge in [-0.3, -0.25) is 0 Å². The van der Waals surface area contributed by atoms with Gasteiger partial charge in [-0.05, 0) is 13.1 Å². The largest absolute Gasteiger partial charge is 0.427 e. The van der Waals surface area contributed by atoms with E-state index in [-0.39, 0.29) is 0 Å². The highest BCUT2D eigenvalue weighted by atomic mass is 28.4. The first-order chi connectivity index (χ1) is 4.02. The quantitative estimate of drug-likeness (QED) is 0.466. The van der Waals surface area contributed by atoms with Gasteiger partial charge in [-0.15, -0.1) is 0 Å². The maximum Gasteiger partial charge on any atom is 0.243 e. The van der Waals surface area contributed by atoms with Crippen LogP contribution in [-0.4, -0.2) is 33.2 Å². The van der Waals surface area contributed by atoms with Crippen LogP contribution in [0.25, 0.3) is 0 Å². The first-order valence-electron chi connectivity index (χ1n) is 2.80. The topological polar surface area (TPSA) is 38.7 Å². The second-order valence-electron chi connectivity index (χ2n) is 2.46. The monoisotopic (exact) mass is 150 g/mol. The van der Waals surface area contributed by atoms with Crippen LogP contribution < -0.4 is 0 Å². The maximum atomic E-state index is 9.37. The molecule has 0 amide bonds. The van der Waals surface area contributed by atoms with Crippen molar-refractivity contribution >= 4 is 8.32 Å². The second-order valence-corrected chi connectivity index (χ2v) is 6.24. The molecule has 0 fully saturated rings. The molecule has 0 aliphatic rings. The highest BCUT2D eigenvalue weighted by Gasteiger charge is 2.29. The summed E-state index contributed by atoms with van der Waals surface area (Å²) in [6.45, 7) is 3.54. The lowest BCUT2D eigenvalue weighted by Crippen LogP contribution is -2.44. The number of ether oxygens (including phenoxy) is 2. The summed E-state index contributed by atoms with van der Waals surface area (Å²) in [5.41, 5.74) is 0. The number of rotatable bonds is 3. The molecule has 0 unspecified atom stereocenters. The van der Waals surface area contributed by atoms with Crippen LogP contribution in [-0.2, 0) is 9.47 Å². The van der Waals surface area contributed by atoms with Gasteiger partial charge in [0.2, 0.25) is 8.32 Å². The molecule has 0 aromatic rings. The van der Waals surface area contributed by atoms with E-state index in [1.165, 1.54) is 14.2 Å². The molecule has 1 N–H and O–H groups in total. The van der Waals surface area contributed by atoms with Gasteiger partial charge < -0.3 is 14.3 Å². The maximum absolute atomic E-state index is 9.37. The van der Waals surface area contributed by atoms with Crippen molar-refractivity contribution in [3.63, 3.8) is 0 Å². The first kappa shape index (κ1) is 9.10. The Kier molecular flexibility index (Phi) is 3.35. The van der Waals surface area contributed by atoms with E-state index in [2.05, 4.69) is 0 Å². The molecule has 56 valence electrons. The summed E-state index contributed by atoms with van der Waals surface area (Å²) in [6.07, 6.45) is 0. The minimum Gasteiger partial charge on any atom is -0.427 e. The Balaban J connectivity index is 3.79. The molecule has 9 heavy (non-hydrogen) atoms. The van der Waals surface area contributed by atoms with Gasteiger partial charge in [-0.25, -0.2) is 0 Å². The van der Waals surface area contributed by atoms with Crippen molar-refractivity contribution in [2.75, 3.05) is 14.2 Å². The molecule has 0 saturated heterocycles. The van der Waals surface area contributed by atoms with E-state index in [1.807, 2.05) is 0 Å². The van der Waals surface area contributed by atoms with E-state index >= 15 is 0 Å². The lowest BCUT2D eigenvalue weighted by molar-refractivity contribution is -0.0582. The van der Waals surface area contributed by atoms with Gasteiger partial charge in [-0.1, -0.05) is 0 Å². The molecular formula is C5H14O3Si. The van der Waals surface area contributed by atoms with Crippen LogP contribution in [0.2, 0.25) is 13.1 Å². The zero-order valence-corrected chi connectivity index (χ0v) is 7.34. The molecule has 3 nitrogen and oxygen atoms in total. The third-order valence-electron chi connectivity index (χ3n) is 1.00. The Morgan fingerprint density at radius 3 is 1.56 bits per heavy atom. The average molecular weight is 150 g/mol. The third kappa shape index (κ3) is 2.95. The van der Waals surface area contributed by atoms with E-state index < -0.39 is 14.2 Å². The van der Waals surface area contributed by atoms with Gasteiger partial charge in [0, 0.05) is 14.2 Å². The molecule has 0 aromatic carbocycles. The zero-order valence-electron chi connectivity index (χ0n) is 6.34. The SMILES string of the molecule is COC(OC)[Si](C)(C)O. The fourth-order valence-corrected chi connectivity index (χ4v) is 1.83. The Morgan fingerprint density at radius 1 is 1.22 bits per heavy atom. The van der Waals surface area contributed by atoms with Crippen LogP contribution in [0.15, 0.2) is 0 Å². The molecule has 0 spiro atoms. The number of hydrogen-bond donors (Lipinski definition) is 1. The summed E-state index contributed by atoms with van der Waals surface area (Å²) in [6, 6.07) is 0. The van der Waals surface area contributed by atoms with Crippen molar-refractivity contribution in [1.29, 1.82) is 0 Å². The van der Waals surface area contributed by atoms with Gasteiger partial charge in [0.1, 0.15) is 0 Å². The lowest BCUT2D eigenvalue weighted by Gasteiger charge is -2.23. The van der Waals surface area contributed by atoms with Crippen LogP contribution in [0.1, 0.15) is 0 Å². The molecule has 0 radical (unpaired) electrons. The van der Waals surface area contributed by atoms with E-state index in [4.69, 9.17) is 9.47 Å². The second kappa shape index (κ2) is 3.31. The van der Waals surface area contributed by atoms with E-state index in [0.29, 0.717) is 0 Å². The van der Waals surface area contributed by atoms with Gasteiger partial charge in [-0.2, -0.15) is 0 Å². The van der Waals surface area contributed by atoms with Crippen molar-refractivity contribution in [2.45, 2.75) is 19.0 Å². The molecule has 4 heteroatoms. The summed E-state index contributed by atoms with van der Waals surface area (Å²) in [5.74, 6) is -0.405. The van der Waals surface area contributed by atoms with E-state index in [0.717, 1.165) is 0 Å². The van der Waals surface area contributed by atoms with Crippen LogP contribution >= 0.6 is 0 Å². The standard InChI is InChI=1S/C5H14O3Si/c1-7-5(8-2)9(3,4)6/h5-6H,1-4H3. The molecule has 0 rings (SSSR count). The summed E-state index contributed by atoms with van der Waals surface area (Å²) >= 11 is 0. The van der Waals surface area contributed by atoms with Crippen molar-refractivity contribution in [3.05, 3.63) is 0 Å². The van der Waals surface area contributed by atoms with Crippen LogP contribution in [0.3, 0.4) is 0 Å². The molecule has 0 atom stereocenters. The van der Waals surface area contributed by atoms with Crippen molar-refractivity contribution in [3.8, 4) is 0 Å². The van der Waals surface area contributed by atoms with Gasteiger partial charge in [0.25, 0.3) is 0 Å². The smallest absolute Gasteiger partial charge is 0.243 e. The van der Waals surface area contributed by atoms with E-state index in [1.54, 1.807) is 13.1 Å². The molecule has 0 aliphatic heterocycles. The van der Waals surface area contributed by atoms with Crippen LogP contribution in [0.5, 0.6) is 0 Å². The Morgan fingerprint density at radius 2 is 1.56 bits per heavy atom. The molecule has 0 bridgehead atoms. The Bertz CT molecular complexity index is 74.8. The molecule has 0 aromatic heterocycles. The van der Waals surface area contributed by atoms with Gasteiger partial charge >= 0.3 is 0 Å². The highest BCUT2D eigenvalue weighted by molar-refractivity contribution is 6.70. The number of hydrogen-bond acceptors (Lipinski definition) is 3. The van der Waals surface area contributed by atoms with Crippen LogP contribution in [0, 0.1) is 0 Å². The minimum absolute atomic E-state index is 0.405. The van der Waals surface area contributed by atoms with Gasteiger partial charge in [0.15, 0.2) is 5.91 Å². The average Bonchev–Trinajstić information content (AvgIpc) is 1.65. The molecule has 0 saturated carbocycles. The van der Waals surface area contributed by atoms with Crippen LogP contribution in [0.4, 0.5) is 0 Å². The number of methoxy groups -OCH3 is 2. The Hall–Kier alpha value is 0.0969. The first-order valence-corrected chi connectivity index (χ1v) is 5.82. The van der Waals surface area contributed by atoms with Crippen molar-refractivity contribution in [1.82, 2.24) is 0 Å². The Labute approximate surface area is 56.7 Å². The predicted molar refractivity (Wildman–Crippen MR) is 37.5 cm³/mol.